The van der Waals surface area contributed by atoms with Crippen LogP contribution in [0, 0.1) is 0 Å². The maximum Gasteiger partial charge on any atom is 0.251 e. The lowest BCUT2D eigenvalue weighted by atomic mass is 10.1. The molecule has 1 fully saturated rings. The number of carbonyl (C=O) groups is 1. The molecule has 5 rings (SSSR count). The number of hydrogen-bond donors (Lipinski definition) is 4. The number of nitrogens with zero attached hydrogens (tertiary/aromatic N) is 3. The molecular formula is C27H31N7O3S. The van der Waals surface area contributed by atoms with Crippen LogP contribution in [0.15, 0.2) is 60.8 Å². The van der Waals surface area contributed by atoms with Crippen molar-refractivity contribution < 1.29 is 13.2 Å². The Morgan fingerprint density at radius 1 is 1.05 bits per heavy atom. The van der Waals surface area contributed by atoms with E-state index in [-0.39, 0.29) is 11.9 Å². The quantitative estimate of drug-likeness (QED) is 0.251. The number of hydrogen-bond acceptors (Lipinski definition) is 7. The summed E-state index contributed by atoms with van der Waals surface area (Å²) >= 11 is 0. The molecule has 4 aromatic rings. The average molecular weight is 534 g/mol. The minimum absolute atomic E-state index is 0.0548. The number of amides is 1. The van der Waals surface area contributed by atoms with Crippen LogP contribution in [-0.4, -0.2) is 48.6 Å². The van der Waals surface area contributed by atoms with Crippen LogP contribution >= 0.6 is 0 Å². The van der Waals surface area contributed by atoms with E-state index in [9.17, 15) is 13.2 Å². The molecule has 0 spiro atoms. The highest BCUT2D eigenvalue weighted by atomic mass is 32.2. The van der Waals surface area contributed by atoms with Crippen molar-refractivity contribution in [1.82, 2.24) is 20.3 Å². The first kappa shape index (κ1) is 25.5. The number of sulfonamides is 1. The highest BCUT2D eigenvalue weighted by Crippen LogP contribution is 2.26. The summed E-state index contributed by atoms with van der Waals surface area (Å²) in [7, 11) is -1.87. The summed E-state index contributed by atoms with van der Waals surface area (Å²) in [4.78, 5) is 24.9. The molecule has 2 aromatic carbocycles. The van der Waals surface area contributed by atoms with E-state index in [1.807, 2.05) is 30.3 Å². The molecule has 1 aliphatic rings. The van der Waals surface area contributed by atoms with E-state index < -0.39 is 10.0 Å². The Morgan fingerprint density at radius 3 is 2.53 bits per heavy atom. The molecule has 4 N–H and O–H groups in total. The zero-order valence-electron chi connectivity index (χ0n) is 21.4. The second kappa shape index (κ2) is 10.7. The smallest absolute Gasteiger partial charge is 0.251 e. The number of rotatable bonds is 9. The van der Waals surface area contributed by atoms with Crippen LogP contribution < -0.4 is 20.3 Å². The average Bonchev–Trinajstić information content (AvgIpc) is 3.59. The second-order valence-corrected chi connectivity index (χ2v) is 11.5. The first-order chi connectivity index (χ1) is 18.3. The van der Waals surface area contributed by atoms with Crippen molar-refractivity contribution in [3.8, 4) is 0 Å². The second-order valence-electron chi connectivity index (χ2n) is 9.51. The molecule has 0 unspecified atom stereocenters. The number of H-pyrrole nitrogens is 1. The lowest BCUT2D eigenvalue weighted by molar-refractivity contribution is 0.0938. The maximum atomic E-state index is 12.5. The van der Waals surface area contributed by atoms with Crippen molar-refractivity contribution in [2.45, 2.75) is 38.3 Å². The molecule has 0 aliphatic heterocycles. The van der Waals surface area contributed by atoms with Gasteiger partial charge in [-0.1, -0.05) is 31.0 Å². The molecule has 0 radical (unpaired) electrons. The largest absolute Gasteiger partial charge is 0.365 e. The fourth-order valence-electron chi connectivity index (χ4n) is 4.63. The van der Waals surface area contributed by atoms with E-state index in [2.05, 4.69) is 30.9 Å². The number of aromatic amines is 1. The van der Waals surface area contributed by atoms with E-state index in [0.717, 1.165) is 29.5 Å². The van der Waals surface area contributed by atoms with Gasteiger partial charge in [0.2, 0.25) is 16.0 Å². The van der Waals surface area contributed by atoms with Crippen molar-refractivity contribution in [3.63, 3.8) is 0 Å². The van der Waals surface area contributed by atoms with Crippen molar-refractivity contribution >= 4 is 50.1 Å². The minimum atomic E-state index is -3.40. The predicted octanol–water partition coefficient (Wildman–Crippen LogP) is 4.38. The Labute approximate surface area is 221 Å². The Bertz CT molecular complexity index is 1540. The SMILES string of the molecule is CN(c1ccccc1CNc1nc(Nc2ccc(C(=O)NC3CCCC3)cc2)nc2[nH]ccc12)S(C)(=O)=O. The lowest BCUT2D eigenvalue weighted by Gasteiger charge is -2.20. The van der Waals surface area contributed by atoms with Crippen LogP contribution in [0.3, 0.4) is 0 Å². The Balaban J connectivity index is 1.32. The van der Waals surface area contributed by atoms with Gasteiger partial charge in [0, 0.05) is 37.1 Å². The number of para-hydroxylation sites is 1. The van der Waals surface area contributed by atoms with Gasteiger partial charge in [-0.05, 0) is 54.8 Å². The van der Waals surface area contributed by atoms with Crippen LogP contribution in [0.1, 0.15) is 41.6 Å². The molecule has 2 heterocycles. The third-order valence-electron chi connectivity index (χ3n) is 6.78. The van der Waals surface area contributed by atoms with Gasteiger partial charge in [0.15, 0.2) is 0 Å². The Kier molecular flexibility index (Phi) is 7.19. The van der Waals surface area contributed by atoms with Crippen LogP contribution in [0.2, 0.25) is 0 Å². The van der Waals surface area contributed by atoms with Crippen molar-refractivity contribution in [2.24, 2.45) is 0 Å². The van der Waals surface area contributed by atoms with Crippen LogP contribution in [0.4, 0.5) is 23.1 Å². The van der Waals surface area contributed by atoms with Crippen molar-refractivity contribution in [2.75, 3.05) is 28.2 Å². The predicted molar refractivity (Wildman–Crippen MR) is 150 cm³/mol. The summed E-state index contributed by atoms with van der Waals surface area (Å²) in [5.74, 6) is 0.927. The first-order valence-corrected chi connectivity index (χ1v) is 14.4. The molecule has 0 saturated heterocycles. The van der Waals surface area contributed by atoms with Gasteiger partial charge in [-0.3, -0.25) is 9.10 Å². The molecule has 1 aliphatic carbocycles. The molecule has 1 saturated carbocycles. The number of carbonyl (C=O) groups excluding carboxylic acids is 1. The summed E-state index contributed by atoms with van der Waals surface area (Å²) < 4.78 is 25.5. The van der Waals surface area contributed by atoms with Crippen LogP contribution in [0.5, 0.6) is 0 Å². The number of anilines is 4. The van der Waals surface area contributed by atoms with Gasteiger partial charge in [0.05, 0.1) is 17.3 Å². The van der Waals surface area contributed by atoms with Gasteiger partial charge < -0.3 is 20.9 Å². The van der Waals surface area contributed by atoms with E-state index in [1.54, 1.807) is 30.5 Å². The van der Waals surface area contributed by atoms with Crippen molar-refractivity contribution in [1.29, 1.82) is 0 Å². The third kappa shape index (κ3) is 5.72. The summed E-state index contributed by atoms with van der Waals surface area (Å²) in [5, 5.41) is 10.5. The minimum Gasteiger partial charge on any atom is -0.365 e. The molecule has 1 amide bonds. The monoisotopic (exact) mass is 533 g/mol. The molecular weight excluding hydrogens is 502 g/mol. The molecule has 2 aromatic heterocycles. The van der Waals surface area contributed by atoms with Crippen molar-refractivity contribution in [3.05, 3.63) is 71.9 Å². The van der Waals surface area contributed by atoms with Gasteiger partial charge in [-0.25, -0.2) is 8.42 Å². The molecule has 0 bridgehead atoms. The Hall–Kier alpha value is -4.12. The van der Waals surface area contributed by atoms with E-state index in [1.165, 1.54) is 30.5 Å². The molecule has 0 atom stereocenters. The summed E-state index contributed by atoms with van der Waals surface area (Å²) in [6, 6.07) is 16.7. The fourth-order valence-corrected chi connectivity index (χ4v) is 5.17. The highest BCUT2D eigenvalue weighted by molar-refractivity contribution is 7.92. The number of nitrogens with one attached hydrogen (secondary N) is 4. The standard InChI is InChI=1S/C27H31N7O3S/c1-34(38(2,36)37)23-10-6-3-7-19(23)17-29-25-22-15-16-28-24(22)32-27(33-25)31-21-13-11-18(12-14-21)26(35)30-20-8-4-5-9-20/h3,6-7,10-16,20H,4-5,8-9,17H2,1-2H3,(H,30,35)(H3,28,29,31,32,33). The normalized spacial score (nSPS) is 13.9. The number of benzene rings is 2. The number of aromatic nitrogens is 3. The van der Waals surface area contributed by atoms with E-state index >= 15 is 0 Å². The van der Waals surface area contributed by atoms with E-state index in [4.69, 9.17) is 0 Å². The van der Waals surface area contributed by atoms with Crippen LogP contribution in [0.25, 0.3) is 11.0 Å². The zero-order valence-corrected chi connectivity index (χ0v) is 22.2. The lowest BCUT2D eigenvalue weighted by Crippen LogP contribution is -2.32. The van der Waals surface area contributed by atoms with Gasteiger partial charge in [-0.2, -0.15) is 9.97 Å². The molecule has 38 heavy (non-hydrogen) atoms. The zero-order chi connectivity index (χ0) is 26.7. The maximum absolute atomic E-state index is 12.5. The molecule has 198 valence electrons. The third-order valence-corrected chi connectivity index (χ3v) is 7.98. The van der Waals surface area contributed by atoms with Crippen LogP contribution in [-0.2, 0) is 16.6 Å². The fraction of sp³-hybridized carbons (Fsp3) is 0.296. The topological polar surface area (TPSA) is 132 Å². The first-order valence-electron chi connectivity index (χ1n) is 12.6. The van der Waals surface area contributed by atoms with Gasteiger partial charge >= 0.3 is 0 Å². The van der Waals surface area contributed by atoms with Gasteiger partial charge in [0.1, 0.15) is 11.5 Å². The molecule has 10 nitrogen and oxygen atoms in total. The summed E-state index contributed by atoms with van der Waals surface area (Å²) in [6.07, 6.45) is 7.38. The number of fused-ring (bicyclic) bond motifs is 1. The highest BCUT2D eigenvalue weighted by Gasteiger charge is 2.18. The van der Waals surface area contributed by atoms with Gasteiger partial charge in [-0.15, -0.1) is 0 Å². The summed E-state index contributed by atoms with van der Waals surface area (Å²) in [5.41, 5.74) is 3.42. The van der Waals surface area contributed by atoms with Gasteiger partial charge in [0.25, 0.3) is 5.91 Å². The molecule has 11 heteroatoms. The summed E-state index contributed by atoms with van der Waals surface area (Å²) in [6.45, 7) is 0.359. The van der Waals surface area contributed by atoms with E-state index in [0.29, 0.717) is 35.2 Å². The Morgan fingerprint density at radius 2 is 1.79 bits per heavy atom.